The van der Waals surface area contributed by atoms with E-state index in [0.29, 0.717) is 6.42 Å². The Morgan fingerprint density at radius 2 is 1.88 bits per heavy atom. The number of hydrogen-bond donors (Lipinski definition) is 3. The number of aliphatic hydroxyl groups excluding tert-OH is 2. The van der Waals surface area contributed by atoms with Crippen LogP contribution in [0.2, 0.25) is 0 Å². The molecule has 1 fully saturated rings. The van der Waals surface area contributed by atoms with Crippen molar-refractivity contribution in [2.75, 3.05) is 26.9 Å². The summed E-state index contributed by atoms with van der Waals surface area (Å²) in [6.45, 7) is 6.04. The molecule has 1 saturated heterocycles. The second-order valence-corrected chi connectivity index (χ2v) is 10.7. The average molecular weight is 587 g/mol. The summed E-state index contributed by atoms with van der Waals surface area (Å²) in [6.07, 6.45) is -2.32. The number of ether oxygens (including phenoxy) is 6. The molecule has 6 atom stereocenters. The Labute approximate surface area is 239 Å². The van der Waals surface area contributed by atoms with Crippen LogP contribution in [-0.4, -0.2) is 102 Å². The van der Waals surface area contributed by atoms with Crippen LogP contribution in [0.1, 0.15) is 59.8 Å². The first-order chi connectivity index (χ1) is 19.2. The average Bonchev–Trinajstić information content (AvgIpc) is 2.87. The number of carbonyl (C=O) groups is 4. The Kier molecular flexibility index (Phi) is 12.9. The second kappa shape index (κ2) is 15.4. The van der Waals surface area contributed by atoms with Crippen molar-refractivity contribution in [1.29, 1.82) is 0 Å². The van der Waals surface area contributed by atoms with Gasteiger partial charge in [0.2, 0.25) is 5.79 Å². The fraction of sp³-hybridized carbons (Fsp3) is 0.714. The summed E-state index contributed by atoms with van der Waals surface area (Å²) in [5.41, 5.74) is -1.30. The number of rotatable bonds is 3. The van der Waals surface area contributed by atoms with E-state index < -0.39 is 65.6 Å². The van der Waals surface area contributed by atoms with Crippen LogP contribution in [-0.2, 0) is 47.6 Å². The van der Waals surface area contributed by atoms with Crippen molar-refractivity contribution in [2.24, 2.45) is 5.41 Å². The highest BCUT2D eigenvalue weighted by Gasteiger charge is 2.57. The minimum Gasteiger partial charge on any atom is -0.466 e. The quantitative estimate of drug-likeness (QED) is 0.241. The Hall–Kier alpha value is -2.84. The minimum absolute atomic E-state index is 0.0458. The molecule has 0 spiro atoms. The van der Waals surface area contributed by atoms with E-state index in [9.17, 15) is 34.5 Å². The third kappa shape index (κ3) is 10.2. The van der Waals surface area contributed by atoms with Gasteiger partial charge in [0.25, 0.3) is 0 Å². The predicted octanol–water partition coefficient (Wildman–Crippen LogP) is 0.865. The van der Waals surface area contributed by atoms with Gasteiger partial charge in [-0.1, -0.05) is 19.9 Å². The van der Waals surface area contributed by atoms with E-state index in [0.717, 1.165) is 26.2 Å². The van der Waals surface area contributed by atoms with Crippen LogP contribution in [0, 0.1) is 5.41 Å². The van der Waals surface area contributed by atoms with Gasteiger partial charge in [-0.15, -0.1) is 0 Å². The number of carbonyl (C=O) groups excluding carboxylic acids is 4. The number of fused-ring (bicyclic) bond motifs is 2. The summed E-state index contributed by atoms with van der Waals surface area (Å²) >= 11 is 0. The van der Waals surface area contributed by atoms with Crippen LogP contribution in [0.4, 0.5) is 0 Å². The molecule has 2 aliphatic rings. The molecule has 0 amide bonds. The van der Waals surface area contributed by atoms with E-state index in [2.05, 4.69) is 0 Å². The molecule has 2 rings (SSSR count). The van der Waals surface area contributed by atoms with Crippen molar-refractivity contribution in [3.05, 3.63) is 23.8 Å². The first-order valence-electron chi connectivity index (χ1n) is 13.5. The summed E-state index contributed by atoms with van der Waals surface area (Å²) in [7, 11) is 1.16. The van der Waals surface area contributed by atoms with Crippen LogP contribution in [0.3, 0.4) is 0 Å². The number of aliphatic hydroxyl groups is 3. The molecule has 0 aliphatic carbocycles. The molecule has 0 saturated carbocycles. The van der Waals surface area contributed by atoms with Crippen molar-refractivity contribution < 1.29 is 62.9 Å². The van der Waals surface area contributed by atoms with Crippen molar-refractivity contribution in [2.45, 2.75) is 96.1 Å². The van der Waals surface area contributed by atoms with Gasteiger partial charge in [-0.3, -0.25) is 9.59 Å². The zero-order valence-corrected chi connectivity index (χ0v) is 24.2. The van der Waals surface area contributed by atoms with E-state index in [1.165, 1.54) is 26.8 Å². The highest BCUT2D eigenvalue weighted by molar-refractivity contribution is 5.83. The van der Waals surface area contributed by atoms with Crippen LogP contribution in [0.5, 0.6) is 0 Å². The highest BCUT2D eigenvalue weighted by Crippen LogP contribution is 2.46. The lowest BCUT2D eigenvalue weighted by atomic mass is 9.74. The van der Waals surface area contributed by atoms with Gasteiger partial charge < -0.3 is 43.7 Å². The Morgan fingerprint density at radius 1 is 1.17 bits per heavy atom. The van der Waals surface area contributed by atoms with Gasteiger partial charge >= 0.3 is 23.9 Å². The van der Waals surface area contributed by atoms with Gasteiger partial charge in [0.05, 0.1) is 38.4 Å². The van der Waals surface area contributed by atoms with Crippen molar-refractivity contribution in [1.82, 2.24) is 0 Å². The topological polar surface area (TPSA) is 184 Å². The summed E-state index contributed by atoms with van der Waals surface area (Å²) in [4.78, 5) is 49.3. The second-order valence-electron chi connectivity index (χ2n) is 10.7. The third-order valence-corrected chi connectivity index (χ3v) is 6.84. The number of methoxy groups -OCH3 is 1. The van der Waals surface area contributed by atoms with Crippen molar-refractivity contribution in [3.63, 3.8) is 0 Å². The Morgan fingerprint density at radius 3 is 2.51 bits per heavy atom. The maximum atomic E-state index is 12.6. The zero-order valence-electron chi connectivity index (χ0n) is 24.2. The fourth-order valence-electron chi connectivity index (χ4n) is 4.48. The monoisotopic (exact) mass is 586 g/mol. The highest BCUT2D eigenvalue weighted by atomic mass is 16.7. The van der Waals surface area contributed by atoms with Gasteiger partial charge in [-0.2, -0.15) is 0 Å². The Bertz CT molecular complexity index is 985. The summed E-state index contributed by atoms with van der Waals surface area (Å²) in [6, 6.07) is 0. The molecule has 13 heteroatoms. The summed E-state index contributed by atoms with van der Waals surface area (Å²) in [5, 5.41) is 32.6. The largest absolute Gasteiger partial charge is 0.466 e. The molecule has 41 heavy (non-hydrogen) atoms. The zero-order chi connectivity index (χ0) is 30.8. The molecular weight excluding hydrogens is 544 g/mol. The molecule has 0 aromatic carbocycles. The van der Waals surface area contributed by atoms with Crippen molar-refractivity contribution in [3.8, 4) is 0 Å². The number of hydrogen-bond acceptors (Lipinski definition) is 13. The number of cyclic esters (lactones) is 2. The fourth-order valence-corrected chi connectivity index (χ4v) is 4.48. The minimum atomic E-state index is -2.35. The molecular formula is C28H42O13. The first-order valence-corrected chi connectivity index (χ1v) is 13.5. The number of esters is 4. The smallest absolute Gasteiger partial charge is 0.330 e. The van der Waals surface area contributed by atoms with Crippen LogP contribution < -0.4 is 0 Å². The predicted molar refractivity (Wildman–Crippen MR) is 141 cm³/mol. The molecule has 0 aromatic rings. The molecule has 232 valence electrons. The van der Waals surface area contributed by atoms with Crippen LogP contribution in [0.15, 0.2) is 23.8 Å². The van der Waals surface area contributed by atoms with E-state index in [1.54, 1.807) is 0 Å². The molecule has 2 heterocycles. The van der Waals surface area contributed by atoms with E-state index in [-0.39, 0.29) is 51.1 Å². The maximum Gasteiger partial charge on any atom is 0.330 e. The Balaban J connectivity index is 2.55. The summed E-state index contributed by atoms with van der Waals surface area (Å²) in [5.74, 6) is -5.37. The van der Waals surface area contributed by atoms with Gasteiger partial charge in [-0.25, -0.2) is 9.59 Å². The van der Waals surface area contributed by atoms with Gasteiger partial charge in [0.15, 0.2) is 6.10 Å². The molecule has 13 nitrogen and oxygen atoms in total. The third-order valence-electron chi connectivity index (χ3n) is 6.84. The molecule has 0 radical (unpaired) electrons. The first kappa shape index (κ1) is 34.4. The lowest BCUT2D eigenvalue weighted by molar-refractivity contribution is -0.327. The summed E-state index contributed by atoms with van der Waals surface area (Å²) < 4.78 is 32.4. The molecule has 2 aliphatic heterocycles. The maximum absolute atomic E-state index is 12.6. The van der Waals surface area contributed by atoms with Crippen LogP contribution in [0.25, 0.3) is 0 Å². The van der Waals surface area contributed by atoms with Crippen LogP contribution >= 0.6 is 0 Å². The van der Waals surface area contributed by atoms with Crippen molar-refractivity contribution >= 4 is 23.9 Å². The van der Waals surface area contributed by atoms with Gasteiger partial charge in [0.1, 0.15) is 6.10 Å². The lowest BCUT2D eigenvalue weighted by Gasteiger charge is -2.50. The standard InChI is InChI=1S/C28H42O13/c1-17(29)22-16-21-13-19(14-24(33)36-5)26(39-18(2)30)28(35,41-21)27(3,4)9-7-23(32)38-11-6-10-37-12-8-20(31)15-25(34)40-22/h7,9,14,17,20-22,26,29,31,35H,6,8,10-13,15-16H2,1-5H3/b9-7+,19-14+/t17-,20-,21?,22-,26+,28-/m1/s1. The van der Waals surface area contributed by atoms with E-state index >= 15 is 0 Å². The lowest BCUT2D eigenvalue weighted by Crippen LogP contribution is -2.62. The molecule has 0 aromatic heterocycles. The normalized spacial score (nSPS) is 33.0. The van der Waals surface area contributed by atoms with Gasteiger partial charge in [0, 0.05) is 50.5 Å². The SMILES string of the molecule is COC(=O)/C=C1\CC2C[C@H]([C@@H](C)O)OC(=O)C[C@H](O)CCOCCCOC(=O)/C=C/C(C)(C)[C@](O)(O2)[C@H]1OC(C)=O. The molecule has 3 N–H and O–H groups in total. The molecule has 2 bridgehead atoms. The van der Waals surface area contributed by atoms with Gasteiger partial charge in [-0.05, 0) is 25.3 Å². The van der Waals surface area contributed by atoms with E-state index in [4.69, 9.17) is 28.4 Å². The van der Waals surface area contributed by atoms with E-state index in [1.807, 2.05) is 0 Å². The molecule has 1 unspecified atom stereocenters.